The molecule has 0 aromatic rings. The van der Waals surface area contributed by atoms with Gasteiger partial charge in [0.1, 0.15) is 0 Å². The molecule has 0 spiro atoms. The zero-order valence-electron chi connectivity index (χ0n) is 39.6. The van der Waals surface area contributed by atoms with Crippen molar-refractivity contribution in [2.75, 3.05) is 113 Å². The molecule has 0 aliphatic carbocycles. The molecule has 28 heteroatoms. The van der Waals surface area contributed by atoms with Crippen LogP contribution in [0.3, 0.4) is 0 Å². The van der Waals surface area contributed by atoms with Crippen LogP contribution in [0.1, 0.15) is 0 Å². The van der Waals surface area contributed by atoms with Gasteiger partial charge in [-0.25, -0.2) is 96.6 Å². The number of hydrazine groups is 16. The van der Waals surface area contributed by atoms with Gasteiger partial charge in [-0.2, -0.15) is 0 Å². The minimum Gasteiger partial charge on any atom is -0.381 e. The van der Waals surface area contributed by atoms with Crippen LogP contribution in [-0.4, -0.2) is 241 Å². The summed E-state index contributed by atoms with van der Waals surface area (Å²) in [6, 6.07) is 0.685. The Morgan fingerprint density at radius 1 is 0.219 bits per heavy atom. The van der Waals surface area contributed by atoms with E-state index in [0.29, 0.717) is 0 Å². The largest absolute Gasteiger partial charge is 0.381 e. The summed E-state index contributed by atoms with van der Waals surface area (Å²) >= 11 is 0. The van der Waals surface area contributed by atoms with Gasteiger partial charge in [0.15, 0.2) is 0 Å². The molecule has 24 nitrogen and oxygen atoms in total. The average molecular weight is 1270 g/mol. The topological polar surface area (TPSA) is 148 Å². The predicted molar refractivity (Wildman–Crippen MR) is 228 cm³/mol. The molecule has 0 aromatic carbocycles. The maximum Gasteiger partial charge on any atom is 0.000602 e. The van der Waals surface area contributed by atoms with Gasteiger partial charge in [0.05, 0.1) is 0 Å². The van der Waals surface area contributed by atoms with Crippen LogP contribution in [0, 0.1) is 52.4 Å². The number of nitrogens with one attached hydrogen (secondary N) is 8. The maximum absolute atomic E-state index is 3.38. The van der Waals surface area contributed by atoms with E-state index in [2.05, 4.69) is 193 Å². The van der Waals surface area contributed by atoms with E-state index in [0.717, 1.165) is 0 Å². The molecule has 8 atom stereocenters. The molecule has 8 rings (SSSR count). The first-order chi connectivity index (χ1) is 28.3. The summed E-state index contributed by atoms with van der Waals surface area (Å²) < 4.78 is 0. The molecule has 8 fully saturated rings. The number of likely N-dealkylation sites (N-methyl/N-ethyl adjacent to an activating group) is 16. The molecule has 0 bridgehead atoms. The van der Waals surface area contributed by atoms with Gasteiger partial charge in [-0.3, -0.25) is 40.1 Å². The van der Waals surface area contributed by atoms with Gasteiger partial charge in [0.25, 0.3) is 0 Å². The third-order valence-electron chi connectivity index (χ3n) is 12.0. The van der Waals surface area contributed by atoms with E-state index >= 15 is 0 Å². The normalized spacial score (nSPS) is 34.9. The van der Waals surface area contributed by atoms with Gasteiger partial charge in [-0.05, 0) is 56.4 Å². The van der Waals surface area contributed by atoms with Crippen LogP contribution in [0.25, 0.3) is 0 Å². The van der Waals surface area contributed by atoms with Gasteiger partial charge in [-0.1, -0.05) is 70.6 Å². The fourth-order valence-corrected chi connectivity index (χ4v) is 9.63. The van der Waals surface area contributed by atoms with Gasteiger partial charge >= 0.3 is 0 Å². The second-order valence-electron chi connectivity index (χ2n) is 17.1. The molecule has 64 heavy (non-hydrogen) atoms. The summed E-state index contributed by atoms with van der Waals surface area (Å²) in [4.78, 5) is 0. The third kappa shape index (κ3) is 13.1. The van der Waals surface area contributed by atoms with Crippen molar-refractivity contribution in [3.8, 4) is 0 Å². The number of hydrogen-bond donors (Lipinski definition) is 8. The maximum atomic E-state index is 3.38. The van der Waals surface area contributed by atoms with Crippen molar-refractivity contribution in [2.24, 2.45) is 0 Å². The summed E-state index contributed by atoms with van der Waals surface area (Å²) in [6.45, 7) is 17.8. The van der Waals surface area contributed by atoms with Crippen molar-refractivity contribution in [3.05, 3.63) is 74.7 Å². The molecular formula is C36H72Ag4N24-8. The Morgan fingerprint density at radius 3 is 0.375 bits per heavy atom. The van der Waals surface area contributed by atoms with Crippen LogP contribution in [0.4, 0.5) is 0 Å². The SMILES string of the molecule is CN1[CH-]C(C(=C(C2[CH-]N(C)NN2C)C2[CH-]N(C)NN2C)C2[CH-]N(C)NN2C)N(C)N1.CN1[CH-]C(C(=C(C2[CH-]N(C)NN2C)C2[CH-]N(C)NN2C)C2[CH-]N(C)NN2C)N(C)N1.[Ag].[Ag].[Ag].[Ag]. The van der Waals surface area contributed by atoms with Gasteiger partial charge in [-0.15, -0.1) is 0 Å². The second kappa shape index (κ2) is 25.2. The molecule has 8 N–H and O–H groups in total. The minimum absolute atomic E-state index is 0. The Kier molecular flexibility index (Phi) is 23.6. The first-order valence-electron chi connectivity index (χ1n) is 20.3. The zero-order valence-corrected chi connectivity index (χ0v) is 45.5. The Morgan fingerprint density at radius 2 is 0.312 bits per heavy atom. The molecule has 8 aliphatic rings. The molecule has 4 radical (unpaired) electrons. The molecule has 8 heterocycles. The van der Waals surface area contributed by atoms with Gasteiger partial charge in [0.2, 0.25) is 0 Å². The average Bonchev–Trinajstić information content (AvgIpc) is 4.04. The summed E-state index contributed by atoms with van der Waals surface area (Å²) in [5.41, 5.74) is 32.4. The first-order valence-corrected chi connectivity index (χ1v) is 20.3. The third-order valence-corrected chi connectivity index (χ3v) is 12.0. The van der Waals surface area contributed by atoms with Crippen LogP contribution in [0.2, 0.25) is 0 Å². The van der Waals surface area contributed by atoms with Crippen molar-refractivity contribution in [1.29, 1.82) is 0 Å². The van der Waals surface area contributed by atoms with Crippen LogP contribution in [0.5, 0.6) is 0 Å². The summed E-state index contributed by atoms with van der Waals surface area (Å²) in [5.74, 6) is 0. The molecule has 0 aromatic heterocycles. The molecule has 0 saturated carbocycles. The van der Waals surface area contributed by atoms with E-state index < -0.39 is 0 Å². The monoisotopic (exact) mass is 1270 g/mol. The van der Waals surface area contributed by atoms with Crippen LogP contribution in [0.15, 0.2) is 22.3 Å². The van der Waals surface area contributed by atoms with E-state index in [1.165, 1.54) is 22.3 Å². The summed E-state index contributed by atoms with van der Waals surface area (Å²) in [6.07, 6.45) is 0. The van der Waals surface area contributed by atoms with Crippen molar-refractivity contribution in [2.45, 2.75) is 48.3 Å². The Labute approximate surface area is 446 Å². The summed E-state index contributed by atoms with van der Waals surface area (Å²) in [7, 11) is 33.0. The second-order valence-corrected chi connectivity index (χ2v) is 17.1. The van der Waals surface area contributed by atoms with Crippen LogP contribution < -0.4 is 44.3 Å². The Balaban J connectivity index is 0.000000320. The van der Waals surface area contributed by atoms with Crippen molar-refractivity contribution in [1.82, 2.24) is 124 Å². The Bertz CT molecular complexity index is 1230. The van der Waals surface area contributed by atoms with E-state index in [9.17, 15) is 0 Å². The smallest absolute Gasteiger partial charge is 0.000602 e. The van der Waals surface area contributed by atoms with E-state index in [-0.39, 0.29) is 138 Å². The fourth-order valence-electron chi connectivity index (χ4n) is 9.63. The number of rotatable bonds is 8. The Hall–Kier alpha value is 1.48. The van der Waals surface area contributed by atoms with E-state index in [1.54, 1.807) is 0 Å². The fraction of sp³-hybridized carbons (Fsp3) is 0.667. The summed E-state index contributed by atoms with van der Waals surface area (Å²) in [5, 5.41) is 33.5. The van der Waals surface area contributed by atoms with Crippen LogP contribution in [-0.2, 0) is 89.5 Å². The standard InChI is InChI=1S/2C18H36N12.4Ag/c2*1-23-9-13(27(5)19-23)17(14-10-24(2)20-28(14)6)18(15-11-25(3)21-29(15)7)16-12-26(4)22-30(16)8;;;;/h2*9-16,19-22H,1-8H3;;;;/q2*-4;;;;. The van der Waals surface area contributed by atoms with Crippen molar-refractivity contribution >= 4 is 0 Å². The number of nitrogens with zero attached hydrogens (tertiary/aromatic N) is 16. The molecule has 388 valence electrons. The quantitative estimate of drug-likeness (QED) is 0.0668. The van der Waals surface area contributed by atoms with Gasteiger partial charge in [0, 0.05) is 146 Å². The molecular weight excluding hydrogens is 1200 g/mol. The van der Waals surface area contributed by atoms with Gasteiger partial charge < -0.3 is 40.1 Å². The van der Waals surface area contributed by atoms with E-state index in [4.69, 9.17) is 0 Å². The molecule has 0 amide bonds. The van der Waals surface area contributed by atoms with Crippen molar-refractivity contribution in [3.63, 3.8) is 0 Å². The molecule has 8 aliphatic heterocycles. The predicted octanol–water partition coefficient (Wildman–Crippen LogP) is -4.83. The van der Waals surface area contributed by atoms with Crippen molar-refractivity contribution < 1.29 is 89.5 Å². The zero-order chi connectivity index (χ0) is 43.5. The minimum atomic E-state index is 0. The molecule has 8 unspecified atom stereocenters. The molecule has 8 saturated heterocycles. The first kappa shape index (κ1) is 59.8. The van der Waals surface area contributed by atoms with Crippen LogP contribution >= 0.6 is 0 Å². The van der Waals surface area contributed by atoms with E-state index in [1.807, 2.05) is 96.5 Å². The number of hydrogen-bond acceptors (Lipinski definition) is 24.